The number of rotatable bonds is 5. The van der Waals surface area contributed by atoms with Gasteiger partial charge in [-0.3, -0.25) is 14.9 Å². The van der Waals surface area contributed by atoms with Gasteiger partial charge in [0.1, 0.15) is 0 Å². The molecule has 0 N–H and O–H groups in total. The van der Waals surface area contributed by atoms with Crippen LogP contribution in [-0.4, -0.2) is 23.3 Å². The number of Topliss-reactive ketones (excluding diaryl/α,β-unsaturated/α-hetero) is 1. The van der Waals surface area contributed by atoms with Gasteiger partial charge in [-0.15, -0.1) is 0 Å². The van der Waals surface area contributed by atoms with Crippen LogP contribution in [0.5, 0.6) is 0 Å². The fraction of sp³-hybridized carbons (Fsp3) is 0.167. The third-order valence-electron chi connectivity index (χ3n) is 2.19. The van der Waals surface area contributed by atoms with Crippen molar-refractivity contribution < 1.29 is 28.0 Å². The van der Waals surface area contributed by atoms with E-state index in [0.29, 0.717) is 0 Å². The minimum atomic E-state index is -1.93. The highest BCUT2D eigenvalue weighted by atomic mass is 19.2. The molecule has 1 rings (SSSR count). The van der Waals surface area contributed by atoms with Crippen LogP contribution in [0.4, 0.5) is 14.5 Å². The van der Waals surface area contributed by atoms with Gasteiger partial charge >= 0.3 is 5.97 Å². The van der Waals surface area contributed by atoms with E-state index >= 15 is 0 Å². The van der Waals surface area contributed by atoms with Crippen molar-refractivity contribution in [3.05, 3.63) is 51.6 Å². The molecular weight excluding hydrogens is 276 g/mol. The summed E-state index contributed by atoms with van der Waals surface area (Å²) in [5.41, 5.74) is -0.635. The van der Waals surface area contributed by atoms with Crippen molar-refractivity contribution >= 4 is 17.4 Å². The molecule has 0 spiro atoms. The first-order valence-corrected chi connectivity index (χ1v) is 5.40. The van der Waals surface area contributed by atoms with E-state index in [9.17, 15) is 28.5 Å². The molecule has 0 bridgehead atoms. The first kappa shape index (κ1) is 15.4. The molecule has 0 heterocycles. The van der Waals surface area contributed by atoms with E-state index in [1.807, 2.05) is 0 Å². The number of hydrogen-bond donors (Lipinski definition) is 0. The second-order valence-electron chi connectivity index (χ2n) is 3.48. The summed E-state index contributed by atoms with van der Waals surface area (Å²) in [6, 6.07) is 3.84. The predicted octanol–water partition coefficient (Wildman–Crippen LogP) is 2.49. The zero-order chi connectivity index (χ0) is 15.3. The number of halogens is 2. The van der Waals surface area contributed by atoms with Crippen LogP contribution in [0.3, 0.4) is 0 Å². The van der Waals surface area contributed by atoms with Gasteiger partial charge in [0, 0.05) is 17.7 Å². The standard InChI is InChI=1S/C12H9F2NO5/c1-2-20-12(17)10(14)9(13)11(16)7-3-5-8(6-4-7)15(18)19/h3-6H,2H2,1H3/b10-9-. The van der Waals surface area contributed by atoms with Gasteiger partial charge in [0.15, 0.2) is 0 Å². The average Bonchev–Trinajstić information content (AvgIpc) is 2.45. The number of allylic oxidation sites excluding steroid dienone is 1. The van der Waals surface area contributed by atoms with Crippen LogP contribution < -0.4 is 0 Å². The van der Waals surface area contributed by atoms with Crippen molar-refractivity contribution in [1.29, 1.82) is 0 Å². The smallest absolute Gasteiger partial charge is 0.370 e. The second kappa shape index (κ2) is 6.50. The van der Waals surface area contributed by atoms with Crippen molar-refractivity contribution in [2.45, 2.75) is 6.92 Å². The number of nitro benzene ring substituents is 1. The highest BCUT2D eigenvalue weighted by Crippen LogP contribution is 2.19. The minimum absolute atomic E-state index is 0.175. The Hall–Kier alpha value is -2.64. The topological polar surface area (TPSA) is 86.5 Å². The van der Waals surface area contributed by atoms with Crippen LogP contribution in [0.1, 0.15) is 17.3 Å². The molecule has 0 aliphatic rings. The van der Waals surface area contributed by atoms with Crippen LogP contribution in [0, 0.1) is 10.1 Å². The number of ketones is 1. The molecule has 0 radical (unpaired) electrons. The SMILES string of the molecule is CCOC(=O)/C(F)=C(/F)C(=O)c1ccc([N+](=O)[O-])cc1. The molecule has 0 atom stereocenters. The van der Waals surface area contributed by atoms with Crippen molar-refractivity contribution in [1.82, 2.24) is 0 Å². The van der Waals surface area contributed by atoms with Gasteiger partial charge in [-0.05, 0) is 19.1 Å². The molecule has 0 saturated heterocycles. The van der Waals surface area contributed by atoms with Crippen molar-refractivity contribution in [2.75, 3.05) is 6.61 Å². The third-order valence-corrected chi connectivity index (χ3v) is 2.19. The maximum Gasteiger partial charge on any atom is 0.370 e. The molecule has 0 aliphatic heterocycles. The van der Waals surface area contributed by atoms with Gasteiger partial charge in [-0.25, -0.2) is 4.79 Å². The van der Waals surface area contributed by atoms with Crippen molar-refractivity contribution in [3.63, 3.8) is 0 Å². The first-order chi connectivity index (χ1) is 9.38. The summed E-state index contributed by atoms with van der Waals surface area (Å²) in [5, 5.41) is 10.4. The van der Waals surface area contributed by atoms with Crippen LogP contribution in [0.15, 0.2) is 35.9 Å². The normalized spacial score (nSPS) is 11.6. The van der Waals surface area contributed by atoms with Gasteiger partial charge in [-0.1, -0.05) is 0 Å². The zero-order valence-corrected chi connectivity index (χ0v) is 10.3. The maximum absolute atomic E-state index is 13.4. The number of esters is 1. The molecule has 0 saturated carbocycles. The maximum atomic E-state index is 13.4. The van der Waals surface area contributed by atoms with E-state index in [1.54, 1.807) is 0 Å². The lowest BCUT2D eigenvalue weighted by atomic mass is 10.1. The molecule has 0 fully saturated rings. The number of nitrogens with zero attached hydrogens (tertiary/aromatic N) is 1. The first-order valence-electron chi connectivity index (χ1n) is 5.40. The van der Waals surface area contributed by atoms with Crippen LogP contribution in [-0.2, 0) is 9.53 Å². The van der Waals surface area contributed by atoms with Gasteiger partial charge in [-0.2, -0.15) is 8.78 Å². The van der Waals surface area contributed by atoms with E-state index in [1.165, 1.54) is 6.92 Å². The highest BCUT2D eigenvalue weighted by molar-refractivity contribution is 6.10. The Morgan fingerprint density at radius 1 is 1.20 bits per heavy atom. The number of hydrogen-bond acceptors (Lipinski definition) is 5. The minimum Gasteiger partial charge on any atom is -0.461 e. The van der Waals surface area contributed by atoms with Gasteiger partial charge in [0.25, 0.3) is 5.69 Å². The summed E-state index contributed by atoms with van der Waals surface area (Å²) in [7, 11) is 0. The fourth-order valence-electron chi connectivity index (χ4n) is 1.24. The number of nitro groups is 1. The summed E-state index contributed by atoms with van der Waals surface area (Å²) >= 11 is 0. The zero-order valence-electron chi connectivity index (χ0n) is 10.3. The molecule has 106 valence electrons. The Morgan fingerprint density at radius 2 is 1.75 bits per heavy atom. The number of non-ortho nitro benzene ring substituents is 1. The largest absolute Gasteiger partial charge is 0.461 e. The lowest BCUT2D eigenvalue weighted by Gasteiger charge is -2.01. The lowest BCUT2D eigenvalue weighted by Crippen LogP contribution is -2.10. The van der Waals surface area contributed by atoms with E-state index in [2.05, 4.69) is 4.74 Å². The number of ether oxygens (including phenoxy) is 1. The molecular formula is C12H9F2NO5. The van der Waals surface area contributed by atoms with Crippen molar-refractivity contribution in [2.24, 2.45) is 0 Å². The third kappa shape index (κ3) is 3.44. The monoisotopic (exact) mass is 285 g/mol. The number of carbonyl (C=O) groups excluding carboxylic acids is 2. The Morgan fingerprint density at radius 3 is 2.20 bits per heavy atom. The average molecular weight is 285 g/mol. The molecule has 8 heteroatoms. The van der Waals surface area contributed by atoms with Crippen LogP contribution >= 0.6 is 0 Å². The Labute approximate surface area is 111 Å². The molecule has 0 aliphatic carbocycles. The highest BCUT2D eigenvalue weighted by Gasteiger charge is 2.24. The van der Waals surface area contributed by atoms with Crippen LogP contribution in [0.25, 0.3) is 0 Å². The molecule has 1 aromatic rings. The predicted molar refractivity (Wildman–Crippen MR) is 63.3 cm³/mol. The summed E-state index contributed by atoms with van der Waals surface area (Å²) in [4.78, 5) is 32.1. The van der Waals surface area contributed by atoms with E-state index in [-0.39, 0.29) is 17.9 Å². The number of benzene rings is 1. The summed E-state index contributed by atoms with van der Waals surface area (Å²) < 4.78 is 30.9. The fourth-order valence-corrected chi connectivity index (χ4v) is 1.24. The molecule has 0 aromatic heterocycles. The molecule has 0 unspecified atom stereocenters. The van der Waals surface area contributed by atoms with Crippen molar-refractivity contribution in [3.8, 4) is 0 Å². The van der Waals surface area contributed by atoms with Gasteiger partial charge < -0.3 is 4.74 Å². The second-order valence-corrected chi connectivity index (χ2v) is 3.48. The Bertz CT molecular complexity index is 580. The molecule has 0 amide bonds. The van der Waals surface area contributed by atoms with Crippen LogP contribution in [0.2, 0.25) is 0 Å². The molecule has 20 heavy (non-hydrogen) atoms. The van der Waals surface area contributed by atoms with E-state index in [0.717, 1.165) is 24.3 Å². The van der Waals surface area contributed by atoms with Gasteiger partial charge in [0.2, 0.25) is 17.4 Å². The summed E-state index contributed by atoms with van der Waals surface area (Å²) in [6.07, 6.45) is 0. The van der Waals surface area contributed by atoms with E-state index in [4.69, 9.17) is 0 Å². The Balaban J connectivity index is 3.02. The molecule has 1 aromatic carbocycles. The lowest BCUT2D eigenvalue weighted by molar-refractivity contribution is -0.384. The summed E-state index contributed by atoms with van der Waals surface area (Å²) in [6.45, 7) is 1.21. The molecule has 6 nitrogen and oxygen atoms in total. The quantitative estimate of drug-likeness (QED) is 0.273. The van der Waals surface area contributed by atoms with E-state index < -0.39 is 28.3 Å². The summed E-state index contributed by atoms with van der Waals surface area (Å²) in [5.74, 6) is -6.82. The number of carbonyl (C=O) groups is 2. The van der Waals surface area contributed by atoms with Gasteiger partial charge in [0.05, 0.1) is 11.5 Å². The Kier molecular flexibility index (Phi) is 5.01.